The molecule has 1 N–H and O–H groups in total. The van der Waals surface area contributed by atoms with Gasteiger partial charge in [-0.3, -0.25) is 0 Å². The fourth-order valence-electron chi connectivity index (χ4n) is 2.25. The Hall–Kier alpha value is -1.69. The number of hydrogen-bond acceptors (Lipinski definition) is 3. The number of alkyl halides is 2. The SMILES string of the molecule is O=C(OCc1ccccc1)N1CCC(C(O)C(F)F)C1. The van der Waals surface area contributed by atoms with E-state index in [-0.39, 0.29) is 13.2 Å². The third kappa shape index (κ3) is 3.66. The van der Waals surface area contributed by atoms with Crippen molar-refractivity contribution in [3.05, 3.63) is 35.9 Å². The van der Waals surface area contributed by atoms with E-state index < -0.39 is 24.5 Å². The molecule has 0 radical (unpaired) electrons. The van der Waals surface area contributed by atoms with Crippen molar-refractivity contribution in [2.45, 2.75) is 25.6 Å². The zero-order valence-electron chi connectivity index (χ0n) is 10.9. The van der Waals surface area contributed by atoms with Crippen LogP contribution in [0.15, 0.2) is 30.3 Å². The number of aliphatic hydroxyl groups is 1. The van der Waals surface area contributed by atoms with Gasteiger partial charge in [-0.15, -0.1) is 0 Å². The van der Waals surface area contributed by atoms with Gasteiger partial charge in [0.15, 0.2) is 0 Å². The normalized spacial score (nSPS) is 20.2. The lowest BCUT2D eigenvalue weighted by Crippen LogP contribution is -2.33. The second-order valence-corrected chi connectivity index (χ2v) is 4.86. The van der Waals surface area contributed by atoms with E-state index >= 15 is 0 Å². The van der Waals surface area contributed by atoms with Crippen molar-refractivity contribution >= 4 is 6.09 Å². The van der Waals surface area contributed by atoms with E-state index in [4.69, 9.17) is 4.74 Å². The smallest absolute Gasteiger partial charge is 0.410 e. The van der Waals surface area contributed by atoms with Gasteiger partial charge >= 0.3 is 6.09 Å². The Labute approximate surface area is 116 Å². The third-order valence-corrected chi connectivity index (χ3v) is 3.43. The average Bonchev–Trinajstić information content (AvgIpc) is 2.94. The average molecular weight is 285 g/mol. The van der Waals surface area contributed by atoms with Crippen LogP contribution in [0.3, 0.4) is 0 Å². The van der Waals surface area contributed by atoms with Gasteiger partial charge in [0, 0.05) is 19.0 Å². The van der Waals surface area contributed by atoms with E-state index in [1.807, 2.05) is 30.3 Å². The standard InChI is InChI=1S/C14H17F2NO3/c15-13(16)12(18)11-6-7-17(8-11)14(19)20-9-10-4-2-1-3-5-10/h1-5,11-13,18H,6-9H2. The van der Waals surface area contributed by atoms with E-state index in [1.54, 1.807) is 0 Å². The molecule has 20 heavy (non-hydrogen) atoms. The summed E-state index contributed by atoms with van der Waals surface area (Å²) in [5.41, 5.74) is 0.865. The van der Waals surface area contributed by atoms with Gasteiger partial charge in [-0.2, -0.15) is 0 Å². The lowest BCUT2D eigenvalue weighted by atomic mass is 10.0. The summed E-state index contributed by atoms with van der Waals surface area (Å²) in [6.07, 6.45) is -4.62. The molecule has 2 unspecified atom stereocenters. The van der Waals surface area contributed by atoms with Gasteiger partial charge in [-0.05, 0) is 12.0 Å². The molecule has 4 nitrogen and oxygen atoms in total. The first-order valence-corrected chi connectivity index (χ1v) is 6.50. The topological polar surface area (TPSA) is 49.8 Å². The highest BCUT2D eigenvalue weighted by Crippen LogP contribution is 2.24. The Morgan fingerprint density at radius 2 is 2.10 bits per heavy atom. The molecular formula is C14H17F2NO3. The zero-order valence-corrected chi connectivity index (χ0v) is 10.9. The molecule has 1 fully saturated rings. The highest BCUT2D eigenvalue weighted by molar-refractivity contribution is 5.68. The van der Waals surface area contributed by atoms with Crippen LogP contribution in [0, 0.1) is 5.92 Å². The van der Waals surface area contributed by atoms with Crippen molar-refractivity contribution in [3.63, 3.8) is 0 Å². The number of benzene rings is 1. The van der Waals surface area contributed by atoms with Crippen LogP contribution >= 0.6 is 0 Å². The number of carbonyl (C=O) groups is 1. The Kier molecular flexibility index (Phi) is 4.89. The van der Waals surface area contributed by atoms with Gasteiger partial charge in [0.05, 0.1) is 0 Å². The van der Waals surface area contributed by atoms with Crippen LogP contribution in [0.2, 0.25) is 0 Å². The van der Waals surface area contributed by atoms with Gasteiger partial charge in [0.1, 0.15) is 12.7 Å². The second kappa shape index (κ2) is 6.65. The first-order valence-electron chi connectivity index (χ1n) is 6.50. The highest BCUT2D eigenvalue weighted by atomic mass is 19.3. The van der Waals surface area contributed by atoms with Crippen LogP contribution in [-0.2, 0) is 11.3 Å². The number of hydrogen-bond donors (Lipinski definition) is 1. The number of likely N-dealkylation sites (tertiary alicyclic amines) is 1. The number of carbonyl (C=O) groups excluding carboxylic acids is 1. The van der Waals surface area contributed by atoms with Gasteiger partial charge in [0.25, 0.3) is 6.43 Å². The van der Waals surface area contributed by atoms with E-state index in [1.165, 1.54) is 4.90 Å². The Morgan fingerprint density at radius 1 is 1.40 bits per heavy atom. The lowest BCUT2D eigenvalue weighted by molar-refractivity contribution is -0.0360. The molecule has 2 rings (SSSR count). The molecule has 1 amide bonds. The van der Waals surface area contributed by atoms with E-state index in [0.717, 1.165) is 5.56 Å². The van der Waals surface area contributed by atoms with Gasteiger partial charge in [-0.25, -0.2) is 13.6 Å². The summed E-state index contributed by atoms with van der Waals surface area (Å²) in [6, 6.07) is 9.21. The number of rotatable bonds is 4. The van der Waals surface area contributed by atoms with Crippen LogP contribution < -0.4 is 0 Å². The number of halogens is 2. The first kappa shape index (κ1) is 14.7. The Bertz CT molecular complexity index is 441. The summed E-state index contributed by atoms with van der Waals surface area (Å²) in [7, 11) is 0. The minimum Gasteiger partial charge on any atom is -0.445 e. The second-order valence-electron chi connectivity index (χ2n) is 4.86. The minimum atomic E-state index is -2.78. The summed E-state index contributed by atoms with van der Waals surface area (Å²) in [6.45, 7) is 0.597. The van der Waals surface area contributed by atoms with Crippen molar-refractivity contribution in [1.82, 2.24) is 4.90 Å². The van der Waals surface area contributed by atoms with E-state index in [9.17, 15) is 18.7 Å². The number of ether oxygens (including phenoxy) is 1. The van der Waals surface area contributed by atoms with Gasteiger partial charge < -0.3 is 14.7 Å². The van der Waals surface area contributed by atoms with Crippen molar-refractivity contribution in [3.8, 4) is 0 Å². The molecule has 1 heterocycles. The maximum absolute atomic E-state index is 12.4. The van der Waals surface area contributed by atoms with Crippen LogP contribution in [0.1, 0.15) is 12.0 Å². The molecule has 1 aromatic carbocycles. The van der Waals surface area contributed by atoms with Crippen LogP contribution in [-0.4, -0.2) is 41.7 Å². The summed E-state index contributed by atoms with van der Waals surface area (Å²) < 4.78 is 29.9. The Balaban J connectivity index is 1.80. The third-order valence-electron chi connectivity index (χ3n) is 3.43. The van der Waals surface area contributed by atoms with E-state index in [2.05, 4.69) is 0 Å². The summed E-state index contributed by atoms with van der Waals surface area (Å²) in [4.78, 5) is 13.2. The molecular weight excluding hydrogens is 268 g/mol. The summed E-state index contributed by atoms with van der Waals surface area (Å²) in [5.74, 6) is -0.584. The summed E-state index contributed by atoms with van der Waals surface area (Å²) in [5, 5.41) is 9.30. The first-order chi connectivity index (χ1) is 9.58. The number of aliphatic hydroxyl groups excluding tert-OH is 1. The van der Waals surface area contributed by atoms with Crippen molar-refractivity contribution in [1.29, 1.82) is 0 Å². The highest BCUT2D eigenvalue weighted by Gasteiger charge is 2.35. The summed E-state index contributed by atoms with van der Waals surface area (Å²) >= 11 is 0. The Morgan fingerprint density at radius 3 is 2.75 bits per heavy atom. The molecule has 0 aromatic heterocycles. The molecule has 1 aromatic rings. The molecule has 0 bridgehead atoms. The number of nitrogens with zero attached hydrogens (tertiary/aromatic N) is 1. The molecule has 110 valence electrons. The fraction of sp³-hybridized carbons (Fsp3) is 0.500. The maximum atomic E-state index is 12.4. The molecule has 1 aliphatic heterocycles. The molecule has 2 atom stereocenters. The predicted molar refractivity (Wildman–Crippen MR) is 68.3 cm³/mol. The van der Waals surface area contributed by atoms with Crippen molar-refractivity contribution < 1.29 is 23.4 Å². The monoisotopic (exact) mass is 285 g/mol. The largest absolute Gasteiger partial charge is 0.445 e. The molecule has 1 aliphatic rings. The molecule has 1 saturated heterocycles. The zero-order chi connectivity index (χ0) is 14.5. The van der Waals surface area contributed by atoms with Crippen LogP contribution in [0.25, 0.3) is 0 Å². The van der Waals surface area contributed by atoms with Gasteiger partial charge in [0.2, 0.25) is 0 Å². The minimum absolute atomic E-state index is 0.110. The fourth-order valence-corrected chi connectivity index (χ4v) is 2.25. The van der Waals surface area contributed by atoms with Crippen LogP contribution in [0.4, 0.5) is 13.6 Å². The molecule has 0 spiro atoms. The van der Waals surface area contributed by atoms with Gasteiger partial charge in [-0.1, -0.05) is 30.3 Å². The van der Waals surface area contributed by atoms with Crippen molar-refractivity contribution in [2.75, 3.05) is 13.1 Å². The van der Waals surface area contributed by atoms with Crippen LogP contribution in [0.5, 0.6) is 0 Å². The lowest BCUT2D eigenvalue weighted by Gasteiger charge is -2.19. The molecule has 0 aliphatic carbocycles. The quantitative estimate of drug-likeness (QED) is 0.923. The molecule has 0 saturated carbocycles. The maximum Gasteiger partial charge on any atom is 0.410 e. The molecule has 6 heteroatoms. The number of amides is 1. The van der Waals surface area contributed by atoms with E-state index in [0.29, 0.717) is 13.0 Å². The predicted octanol–water partition coefficient (Wildman–Crippen LogP) is 2.27. The van der Waals surface area contributed by atoms with Crippen molar-refractivity contribution in [2.24, 2.45) is 5.92 Å².